The highest BCUT2D eigenvalue weighted by Crippen LogP contribution is 2.19. The molecule has 1 unspecified atom stereocenters. The summed E-state index contributed by atoms with van der Waals surface area (Å²) in [5, 5.41) is 6.48. The third-order valence-electron chi connectivity index (χ3n) is 3.86. The number of nitrogens with two attached hydrogens (primary N) is 1. The van der Waals surface area contributed by atoms with Crippen molar-refractivity contribution in [3.8, 4) is 0 Å². The van der Waals surface area contributed by atoms with Crippen molar-refractivity contribution in [2.45, 2.75) is 19.0 Å². The van der Waals surface area contributed by atoms with Gasteiger partial charge in [-0.1, -0.05) is 18.2 Å². The minimum Gasteiger partial charge on any atom is -0.447 e. The minimum absolute atomic E-state index is 0.107. The van der Waals surface area contributed by atoms with E-state index in [0.29, 0.717) is 12.4 Å². The molecule has 3 rings (SSSR count). The number of rotatable bonds is 7. The van der Waals surface area contributed by atoms with Gasteiger partial charge in [0.25, 0.3) is 5.91 Å². The molecule has 0 aliphatic carbocycles. The quantitative estimate of drug-likeness (QED) is 0.503. The molecule has 0 spiro atoms. The van der Waals surface area contributed by atoms with E-state index < -0.39 is 17.9 Å². The summed E-state index contributed by atoms with van der Waals surface area (Å²) in [5.74, 6) is -0.729. The summed E-state index contributed by atoms with van der Waals surface area (Å²) < 4.78 is 5.18. The molecule has 0 radical (unpaired) electrons. The van der Waals surface area contributed by atoms with E-state index in [4.69, 9.17) is 10.2 Å². The molecule has 0 saturated carbocycles. The standard InChI is InChI=1S/C17H19N5O3/c1-19-8-15-21-14(9-25-15)17(24)22-13(16(18)23)6-10-7-20-12-5-3-2-4-11(10)12/h2-5,7,9,13,19-20H,6,8H2,1H3,(H2,18,23)(H,22,24). The molecule has 2 aromatic heterocycles. The normalized spacial score (nSPS) is 12.2. The first-order valence-electron chi connectivity index (χ1n) is 7.82. The molecule has 0 bridgehead atoms. The molecule has 2 amide bonds. The molecule has 0 saturated heterocycles. The van der Waals surface area contributed by atoms with Crippen molar-refractivity contribution in [1.29, 1.82) is 0 Å². The third-order valence-corrected chi connectivity index (χ3v) is 3.86. The molecule has 130 valence electrons. The van der Waals surface area contributed by atoms with Crippen molar-refractivity contribution < 1.29 is 14.0 Å². The van der Waals surface area contributed by atoms with Crippen LogP contribution < -0.4 is 16.4 Å². The molecule has 5 N–H and O–H groups in total. The average molecular weight is 341 g/mol. The van der Waals surface area contributed by atoms with E-state index in [1.54, 1.807) is 7.05 Å². The van der Waals surface area contributed by atoms with Crippen LogP contribution in [0.4, 0.5) is 0 Å². The number of hydrogen-bond donors (Lipinski definition) is 4. The SMILES string of the molecule is CNCc1nc(C(=O)NC(Cc2c[nH]c3ccccc23)C(N)=O)co1. The van der Waals surface area contributed by atoms with Crippen LogP contribution in [0.5, 0.6) is 0 Å². The van der Waals surface area contributed by atoms with Gasteiger partial charge in [-0.15, -0.1) is 0 Å². The molecular formula is C17H19N5O3. The fourth-order valence-corrected chi connectivity index (χ4v) is 2.62. The van der Waals surface area contributed by atoms with E-state index >= 15 is 0 Å². The first-order chi connectivity index (χ1) is 12.1. The van der Waals surface area contributed by atoms with E-state index in [1.165, 1.54) is 6.26 Å². The molecule has 1 atom stereocenters. The van der Waals surface area contributed by atoms with E-state index in [9.17, 15) is 9.59 Å². The van der Waals surface area contributed by atoms with Crippen LogP contribution in [-0.2, 0) is 17.8 Å². The Labute approximate surface area is 143 Å². The van der Waals surface area contributed by atoms with Crippen LogP contribution in [0.2, 0.25) is 0 Å². The number of aromatic amines is 1. The lowest BCUT2D eigenvalue weighted by molar-refractivity contribution is -0.119. The van der Waals surface area contributed by atoms with E-state index in [1.807, 2.05) is 30.5 Å². The second-order valence-electron chi connectivity index (χ2n) is 5.65. The molecule has 8 heteroatoms. The Morgan fingerprint density at radius 2 is 2.16 bits per heavy atom. The number of hydrogen-bond acceptors (Lipinski definition) is 5. The van der Waals surface area contributed by atoms with Crippen LogP contribution in [0.3, 0.4) is 0 Å². The fourth-order valence-electron chi connectivity index (χ4n) is 2.62. The summed E-state index contributed by atoms with van der Waals surface area (Å²) >= 11 is 0. The smallest absolute Gasteiger partial charge is 0.273 e. The molecule has 8 nitrogen and oxygen atoms in total. The Kier molecular flexibility index (Phi) is 4.80. The third kappa shape index (κ3) is 3.69. The molecular weight excluding hydrogens is 322 g/mol. The Bertz CT molecular complexity index is 898. The van der Waals surface area contributed by atoms with Gasteiger partial charge in [0, 0.05) is 23.5 Å². The van der Waals surface area contributed by atoms with Gasteiger partial charge in [-0.05, 0) is 18.7 Å². The Morgan fingerprint density at radius 1 is 1.36 bits per heavy atom. The van der Waals surface area contributed by atoms with Crippen molar-refractivity contribution >= 4 is 22.7 Å². The van der Waals surface area contributed by atoms with Gasteiger partial charge < -0.3 is 25.8 Å². The fraction of sp³-hybridized carbons (Fsp3) is 0.235. The largest absolute Gasteiger partial charge is 0.447 e. The lowest BCUT2D eigenvalue weighted by Gasteiger charge is -2.14. The van der Waals surface area contributed by atoms with Gasteiger partial charge >= 0.3 is 0 Å². The summed E-state index contributed by atoms with van der Waals surface area (Å²) in [4.78, 5) is 31.3. The van der Waals surface area contributed by atoms with Crippen molar-refractivity contribution in [3.63, 3.8) is 0 Å². The second kappa shape index (κ2) is 7.18. The summed E-state index contributed by atoms with van der Waals surface area (Å²) in [7, 11) is 1.74. The summed E-state index contributed by atoms with van der Waals surface area (Å²) in [6, 6.07) is 6.87. The zero-order valence-corrected chi connectivity index (χ0v) is 13.7. The maximum atomic E-state index is 12.3. The summed E-state index contributed by atoms with van der Waals surface area (Å²) in [5.41, 5.74) is 7.42. The average Bonchev–Trinajstić information content (AvgIpc) is 3.22. The van der Waals surface area contributed by atoms with E-state index in [2.05, 4.69) is 20.6 Å². The number of nitrogens with zero attached hydrogens (tertiary/aromatic N) is 1. The van der Waals surface area contributed by atoms with E-state index in [0.717, 1.165) is 16.5 Å². The molecule has 3 aromatic rings. The molecule has 0 aliphatic heterocycles. The van der Waals surface area contributed by atoms with Crippen molar-refractivity contribution in [2.75, 3.05) is 7.05 Å². The Hall–Kier alpha value is -3.13. The van der Waals surface area contributed by atoms with Crippen LogP contribution in [0.1, 0.15) is 21.9 Å². The number of oxazole rings is 1. The topological polar surface area (TPSA) is 126 Å². The first kappa shape index (κ1) is 16.7. The summed E-state index contributed by atoms with van der Waals surface area (Å²) in [6.07, 6.45) is 3.35. The number of H-pyrrole nitrogens is 1. The number of carbonyl (C=O) groups is 2. The number of para-hydroxylation sites is 1. The number of nitrogens with one attached hydrogen (secondary N) is 3. The number of amides is 2. The zero-order valence-electron chi connectivity index (χ0n) is 13.7. The van der Waals surface area contributed by atoms with Gasteiger partial charge in [0.15, 0.2) is 5.69 Å². The van der Waals surface area contributed by atoms with Gasteiger partial charge in [0.2, 0.25) is 11.8 Å². The lowest BCUT2D eigenvalue weighted by atomic mass is 10.0. The minimum atomic E-state index is -0.851. The highest BCUT2D eigenvalue weighted by atomic mass is 16.3. The second-order valence-corrected chi connectivity index (χ2v) is 5.65. The number of primary amides is 1. The van der Waals surface area contributed by atoms with Gasteiger partial charge in [-0.25, -0.2) is 4.98 Å². The monoisotopic (exact) mass is 341 g/mol. The predicted molar refractivity (Wildman–Crippen MR) is 91.7 cm³/mol. The van der Waals surface area contributed by atoms with Gasteiger partial charge in [-0.3, -0.25) is 9.59 Å². The van der Waals surface area contributed by atoms with Crippen LogP contribution in [0.15, 0.2) is 41.1 Å². The molecule has 0 aliphatic rings. The molecule has 25 heavy (non-hydrogen) atoms. The predicted octanol–water partition coefficient (Wildman–Crippen LogP) is 0.702. The first-order valence-corrected chi connectivity index (χ1v) is 7.82. The number of fused-ring (bicyclic) bond motifs is 1. The zero-order chi connectivity index (χ0) is 17.8. The number of benzene rings is 1. The molecule has 0 fully saturated rings. The van der Waals surface area contributed by atoms with Gasteiger partial charge in [-0.2, -0.15) is 0 Å². The maximum Gasteiger partial charge on any atom is 0.273 e. The van der Waals surface area contributed by atoms with Crippen LogP contribution in [0.25, 0.3) is 10.9 Å². The van der Waals surface area contributed by atoms with Gasteiger partial charge in [0.05, 0.1) is 6.54 Å². The molecule has 1 aromatic carbocycles. The Balaban J connectivity index is 1.74. The van der Waals surface area contributed by atoms with Crippen LogP contribution in [0, 0.1) is 0 Å². The van der Waals surface area contributed by atoms with Crippen LogP contribution >= 0.6 is 0 Å². The van der Waals surface area contributed by atoms with Crippen molar-refractivity contribution in [2.24, 2.45) is 5.73 Å². The van der Waals surface area contributed by atoms with E-state index in [-0.39, 0.29) is 12.1 Å². The maximum absolute atomic E-state index is 12.3. The highest BCUT2D eigenvalue weighted by molar-refractivity contribution is 5.96. The number of aromatic nitrogens is 2. The van der Waals surface area contributed by atoms with Crippen molar-refractivity contribution in [1.82, 2.24) is 20.6 Å². The van der Waals surface area contributed by atoms with Crippen LogP contribution in [-0.4, -0.2) is 34.9 Å². The highest BCUT2D eigenvalue weighted by Gasteiger charge is 2.22. The number of carbonyl (C=O) groups excluding carboxylic acids is 2. The Morgan fingerprint density at radius 3 is 2.92 bits per heavy atom. The summed E-state index contributed by atoms with van der Waals surface area (Å²) in [6.45, 7) is 0.405. The lowest BCUT2D eigenvalue weighted by Crippen LogP contribution is -2.45. The molecule has 2 heterocycles. The van der Waals surface area contributed by atoms with Gasteiger partial charge in [0.1, 0.15) is 12.3 Å². The van der Waals surface area contributed by atoms with Crippen molar-refractivity contribution in [3.05, 3.63) is 53.9 Å².